The Morgan fingerprint density at radius 1 is 1.56 bits per heavy atom. The van der Waals surface area contributed by atoms with Crippen LogP contribution in [-0.4, -0.2) is 30.2 Å². The van der Waals surface area contributed by atoms with Crippen molar-refractivity contribution in [3.63, 3.8) is 0 Å². The number of ether oxygens (including phenoxy) is 1. The maximum Gasteiger partial charge on any atom is 0.223 e. The number of hydrogen-bond acceptors (Lipinski definition) is 3. The molecule has 2 atom stereocenters. The topological polar surface area (TPSA) is 64.3 Å². The van der Waals surface area contributed by atoms with E-state index in [-0.39, 0.29) is 23.6 Å². The number of amides is 1. The third-order valence-corrected chi connectivity index (χ3v) is 3.29. The van der Waals surface area contributed by atoms with Gasteiger partial charge in [0.05, 0.1) is 12.5 Å². The Hall–Kier alpha value is -0.610. The molecule has 2 unspecified atom stereocenters. The van der Waals surface area contributed by atoms with E-state index in [0.717, 1.165) is 25.9 Å². The summed E-state index contributed by atoms with van der Waals surface area (Å²) >= 11 is 0. The molecule has 1 aliphatic rings. The molecule has 16 heavy (non-hydrogen) atoms. The second-order valence-corrected chi connectivity index (χ2v) is 5.25. The molecule has 0 saturated carbocycles. The van der Waals surface area contributed by atoms with Crippen LogP contribution in [0, 0.1) is 0 Å². The predicted molar refractivity (Wildman–Crippen MR) is 64.1 cm³/mol. The molecule has 1 saturated heterocycles. The van der Waals surface area contributed by atoms with Crippen molar-refractivity contribution in [3.8, 4) is 0 Å². The molecule has 0 bridgehead atoms. The number of nitrogens with one attached hydrogen (secondary N) is 1. The molecule has 1 heterocycles. The fraction of sp³-hybridized carbons (Fsp3) is 0.917. The quantitative estimate of drug-likeness (QED) is 0.759. The van der Waals surface area contributed by atoms with Gasteiger partial charge >= 0.3 is 0 Å². The minimum absolute atomic E-state index is 0.0363. The predicted octanol–water partition coefficient (Wildman–Crippen LogP) is 1.19. The molecule has 0 aromatic carbocycles. The second kappa shape index (κ2) is 5.64. The van der Waals surface area contributed by atoms with E-state index in [9.17, 15) is 4.79 Å². The van der Waals surface area contributed by atoms with Crippen LogP contribution in [0.25, 0.3) is 0 Å². The summed E-state index contributed by atoms with van der Waals surface area (Å²) in [6.07, 6.45) is 3.82. The molecule has 1 amide bonds. The Morgan fingerprint density at radius 3 is 2.75 bits per heavy atom. The lowest BCUT2D eigenvalue weighted by Gasteiger charge is -2.31. The Morgan fingerprint density at radius 2 is 2.25 bits per heavy atom. The van der Waals surface area contributed by atoms with Gasteiger partial charge < -0.3 is 15.8 Å². The summed E-state index contributed by atoms with van der Waals surface area (Å²) in [4.78, 5) is 11.8. The maximum atomic E-state index is 11.8. The first-order chi connectivity index (χ1) is 7.42. The van der Waals surface area contributed by atoms with E-state index in [0.29, 0.717) is 6.42 Å². The van der Waals surface area contributed by atoms with Crippen molar-refractivity contribution in [1.82, 2.24) is 5.32 Å². The fourth-order valence-corrected chi connectivity index (χ4v) is 1.70. The summed E-state index contributed by atoms with van der Waals surface area (Å²) in [6.45, 7) is 6.57. The van der Waals surface area contributed by atoms with E-state index in [1.165, 1.54) is 0 Å². The first-order valence-electron chi connectivity index (χ1n) is 6.10. The molecular formula is C12H24N2O2. The molecule has 1 fully saturated rings. The first kappa shape index (κ1) is 13.5. The van der Waals surface area contributed by atoms with Gasteiger partial charge in [-0.25, -0.2) is 0 Å². The average Bonchev–Trinajstić information content (AvgIpc) is 2.17. The van der Waals surface area contributed by atoms with Gasteiger partial charge in [-0.05, 0) is 40.0 Å². The van der Waals surface area contributed by atoms with Crippen LogP contribution >= 0.6 is 0 Å². The summed E-state index contributed by atoms with van der Waals surface area (Å²) in [7, 11) is 0. The van der Waals surface area contributed by atoms with Gasteiger partial charge in [-0.3, -0.25) is 4.79 Å². The SMILES string of the molecule is CC(N)C(C)(C)NC(=O)CC1CCCCO1. The molecule has 0 aromatic rings. The van der Waals surface area contributed by atoms with Crippen LogP contribution in [0.4, 0.5) is 0 Å². The van der Waals surface area contributed by atoms with E-state index >= 15 is 0 Å². The third-order valence-electron chi connectivity index (χ3n) is 3.29. The molecule has 0 radical (unpaired) electrons. The van der Waals surface area contributed by atoms with Gasteiger partial charge in [-0.15, -0.1) is 0 Å². The normalized spacial score (nSPS) is 23.9. The third kappa shape index (κ3) is 4.10. The first-order valence-corrected chi connectivity index (χ1v) is 6.10. The van der Waals surface area contributed by atoms with E-state index < -0.39 is 0 Å². The highest BCUT2D eigenvalue weighted by molar-refractivity contribution is 5.77. The van der Waals surface area contributed by atoms with Gasteiger partial charge in [0, 0.05) is 18.2 Å². The monoisotopic (exact) mass is 228 g/mol. The van der Waals surface area contributed by atoms with Crippen LogP contribution in [-0.2, 0) is 9.53 Å². The summed E-state index contributed by atoms with van der Waals surface area (Å²) in [6, 6.07) is -0.0660. The zero-order valence-electron chi connectivity index (χ0n) is 10.6. The van der Waals surface area contributed by atoms with Crippen molar-refractivity contribution >= 4 is 5.91 Å². The van der Waals surface area contributed by atoms with Gasteiger partial charge in [0.1, 0.15) is 0 Å². The van der Waals surface area contributed by atoms with Crippen LogP contribution in [0.2, 0.25) is 0 Å². The average molecular weight is 228 g/mol. The van der Waals surface area contributed by atoms with Crippen molar-refractivity contribution in [2.45, 2.75) is 64.1 Å². The lowest BCUT2D eigenvalue weighted by Crippen LogP contribution is -2.55. The van der Waals surface area contributed by atoms with Crippen molar-refractivity contribution in [2.75, 3.05) is 6.61 Å². The van der Waals surface area contributed by atoms with Gasteiger partial charge in [0.2, 0.25) is 5.91 Å². The fourth-order valence-electron chi connectivity index (χ4n) is 1.70. The summed E-state index contributed by atoms with van der Waals surface area (Å²) in [5.41, 5.74) is 5.45. The molecule has 94 valence electrons. The van der Waals surface area contributed by atoms with Gasteiger partial charge in [-0.1, -0.05) is 0 Å². The van der Waals surface area contributed by atoms with Crippen molar-refractivity contribution in [1.29, 1.82) is 0 Å². The van der Waals surface area contributed by atoms with Crippen LogP contribution < -0.4 is 11.1 Å². The Kier molecular flexibility index (Phi) is 4.74. The number of carbonyl (C=O) groups is 1. The second-order valence-electron chi connectivity index (χ2n) is 5.25. The van der Waals surface area contributed by atoms with E-state index in [4.69, 9.17) is 10.5 Å². The maximum absolute atomic E-state index is 11.8. The smallest absolute Gasteiger partial charge is 0.223 e. The lowest BCUT2D eigenvalue weighted by molar-refractivity contribution is -0.126. The lowest BCUT2D eigenvalue weighted by atomic mass is 9.96. The highest BCUT2D eigenvalue weighted by Gasteiger charge is 2.26. The zero-order valence-corrected chi connectivity index (χ0v) is 10.6. The molecule has 0 aromatic heterocycles. The van der Waals surface area contributed by atoms with Gasteiger partial charge in [0.25, 0.3) is 0 Å². The number of carbonyl (C=O) groups excluding carboxylic acids is 1. The molecule has 1 aliphatic heterocycles. The molecule has 4 heteroatoms. The molecule has 3 N–H and O–H groups in total. The van der Waals surface area contributed by atoms with E-state index in [1.807, 2.05) is 20.8 Å². The van der Waals surface area contributed by atoms with Crippen LogP contribution in [0.5, 0.6) is 0 Å². The molecule has 4 nitrogen and oxygen atoms in total. The minimum Gasteiger partial charge on any atom is -0.378 e. The van der Waals surface area contributed by atoms with Gasteiger partial charge in [-0.2, -0.15) is 0 Å². The number of hydrogen-bond donors (Lipinski definition) is 2. The van der Waals surface area contributed by atoms with Gasteiger partial charge in [0.15, 0.2) is 0 Å². The van der Waals surface area contributed by atoms with Crippen LogP contribution in [0.3, 0.4) is 0 Å². The standard InChI is InChI=1S/C12H24N2O2/c1-9(13)12(2,3)14-11(15)8-10-6-4-5-7-16-10/h9-10H,4-8,13H2,1-3H3,(H,14,15). The van der Waals surface area contributed by atoms with Crippen LogP contribution in [0.15, 0.2) is 0 Å². The van der Waals surface area contributed by atoms with E-state index in [1.54, 1.807) is 0 Å². The Bertz CT molecular complexity index is 233. The van der Waals surface area contributed by atoms with Crippen LogP contribution in [0.1, 0.15) is 46.5 Å². The number of nitrogens with two attached hydrogens (primary N) is 1. The molecule has 1 rings (SSSR count). The zero-order chi connectivity index (χ0) is 12.2. The van der Waals surface area contributed by atoms with E-state index in [2.05, 4.69) is 5.32 Å². The Labute approximate surface area is 97.9 Å². The highest BCUT2D eigenvalue weighted by Crippen LogP contribution is 2.16. The summed E-state index contributed by atoms with van der Waals surface area (Å²) in [5.74, 6) is 0.0363. The summed E-state index contributed by atoms with van der Waals surface area (Å²) < 4.78 is 5.53. The molecule has 0 aliphatic carbocycles. The highest BCUT2D eigenvalue weighted by atomic mass is 16.5. The summed E-state index contributed by atoms with van der Waals surface area (Å²) in [5, 5.41) is 2.96. The number of rotatable bonds is 4. The van der Waals surface area contributed by atoms with Crippen molar-refractivity contribution < 1.29 is 9.53 Å². The van der Waals surface area contributed by atoms with Crippen molar-refractivity contribution in [3.05, 3.63) is 0 Å². The minimum atomic E-state index is -0.355. The largest absolute Gasteiger partial charge is 0.378 e. The Balaban J connectivity index is 2.34. The van der Waals surface area contributed by atoms with Crippen molar-refractivity contribution in [2.24, 2.45) is 5.73 Å². The molecular weight excluding hydrogens is 204 g/mol. The molecule has 0 spiro atoms.